The number of aliphatic hydroxyl groups is 1. The molecule has 2 atom stereocenters. The molecule has 37 heavy (non-hydrogen) atoms. The van der Waals surface area contributed by atoms with Crippen LogP contribution in [0.3, 0.4) is 0 Å². The molecule has 1 aromatic carbocycles. The predicted octanol–water partition coefficient (Wildman–Crippen LogP) is 5.85. The number of fused-ring (bicyclic) bond motifs is 1. The fourth-order valence-electron chi connectivity index (χ4n) is 5.43. The standard InChI is InChI=1S/C25H30Cl3N7O2/c26-14-9-18(27)21(19(28)10-14)33-25-32-20-12-30-24(31-15-3-1-2-4-17(36)11-15)34-23(20)35(25)16-7-5-13(6-8-16)22(29)37/h9-10,12-13,15-17,36H,1-8,11H2,(H2,29,37)(H,32,33)(H,30,31,34)/t13?,15-,16?,17+/m0/s1. The lowest BCUT2D eigenvalue weighted by molar-refractivity contribution is -0.122. The number of primary amides is 1. The third-order valence-corrected chi connectivity index (χ3v) is 8.18. The molecule has 0 saturated heterocycles. The van der Waals surface area contributed by atoms with Crippen LogP contribution in [0.5, 0.6) is 0 Å². The van der Waals surface area contributed by atoms with Crippen LogP contribution in [0.2, 0.25) is 15.1 Å². The van der Waals surface area contributed by atoms with Crippen molar-refractivity contribution in [3.05, 3.63) is 33.4 Å². The highest BCUT2D eigenvalue weighted by Crippen LogP contribution is 2.40. The average molecular weight is 567 g/mol. The quantitative estimate of drug-likeness (QED) is 0.275. The fourth-order valence-corrected chi connectivity index (χ4v) is 6.35. The Labute approximate surface area is 230 Å². The predicted molar refractivity (Wildman–Crippen MR) is 147 cm³/mol. The summed E-state index contributed by atoms with van der Waals surface area (Å²) >= 11 is 19.0. The minimum absolute atomic E-state index is 0.0374. The van der Waals surface area contributed by atoms with E-state index >= 15 is 0 Å². The van der Waals surface area contributed by atoms with Gasteiger partial charge in [-0.15, -0.1) is 0 Å². The number of hydrogen-bond donors (Lipinski definition) is 4. The number of rotatable bonds is 6. The number of halogens is 3. The number of amides is 1. The second-order valence-corrected chi connectivity index (χ2v) is 11.3. The largest absolute Gasteiger partial charge is 0.393 e. The van der Waals surface area contributed by atoms with Crippen LogP contribution in [-0.2, 0) is 4.79 Å². The van der Waals surface area contributed by atoms with E-state index in [1.807, 2.05) is 4.57 Å². The highest BCUT2D eigenvalue weighted by molar-refractivity contribution is 6.41. The van der Waals surface area contributed by atoms with Gasteiger partial charge in [0.15, 0.2) is 5.65 Å². The normalized spacial score (nSPS) is 24.5. The third kappa shape index (κ3) is 5.90. The van der Waals surface area contributed by atoms with Gasteiger partial charge in [-0.3, -0.25) is 9.36 Å². The van der Waals surface area contributed by atoms with Crippen LogP contribution in [0.15, 0.2) is 18.3 Å². The minimum Gasteiger partial charge on any atom is -0.393 e. The number of nitrogens with two attached hydrogens (primary N) is 1. The highest BCUT2D eigenvalue weighted by atomic mass is 35.5. The van der Waals surface area contributed by atoms with E-state index in [0.717, 1.165) is 38.5 Å². The number of carbonyl (C=O) groups excluding carboxylic acids is 1. The Morgan fingerprint density at radius 3 is 2.43 bits per heavy atom. The summed E-state index contributed by atoms with van der Waals surface area (Å²) in [6, 6.07) is 3.37. The van der Waals surface area contributed by atoms with Crippen LogP contribution in [-0.4, -0.2) is 42.7 Å². The Bertz CT molecular complexity index is 1270. The molecule has 9 nitrogen and oxygen atoms in total. The van der Waals surface area contributed by atoms with Crippen molar-refractivity contribution in [2.24, 2.45) is 11.7 Å². The maximum Gasteiger partial charge on any atom is 0.224 e. The number of nitrogens with one attached hydrogen (secondary N) is 2. The Balaban J connectivity index is 1.51. The molecule has 5 rings (SSSR count). The third-order valence-electron chi connectivity index (χ3n) is 7.37. The second-order valence-electron chi connectivity index (χ2n) is 10.0. The van der Waals surface area contributed by atoms with Gasteiger partial charge in [0.2, 0.25) is 17.8 Å². The molecule has 2 aromatic heterocycles. The summed E-state index contributed by atoms with van der Waals surface area (Å²) < 4.78 is 2.04. The van der Waals surface area contributed by atoms with E-state index in [2.05, 4.69) is 15.6 Å². The molecule has 0 unspecified atom stereocenters. The monoisotopic (exact) mass is 565 g/mol. The van der Waals surface area contributed by atoms with E-state index in [0.29, 0.717) is 63.1 Å². The number of benzene rings is 1. The second kappa shape index (κ2) is 11.2. The van der Waals surface area contributed by atoms with E-state index < -0.39 is 0 Å². The van der Waals surface area contributed by atoms with Crippen molar-refractivity contribution in [2.75, 3.05) is 10.6 Å². The van der Waals surface area contributed by atoms with Crippen LogP contribution in [0.4, 0.5) is 17.6 Å². The lowest BCUT2D eigenvalue weighted by atomic mass is 9.85. The first-order chi connectivity index (χ1) is 17.8. The van der Waals surface area contributed by atoms with Crippen molar-refractivity contribution in [1.82, 2.24) is 19.5 Å². The number of carbonyl (C=O) groups is 1. The summed E-state index contributed by atoms with van der Waals surface area (Å²) in [6.45, 7) is 0. The zero-order valence-corrected chi connectivity index (χ0v) is 22.5. The SMILES string of the molecule is NC(=O)C1CCC(n2c(Nc3c(Cl)cc(Cl)cc3Cl)nc3cnc(N[C@H]4CCCC[C@@H](O)C4)nc32)CC1. The maximum atomic E-state index is 11.8. The molecular formula is C25H30Cl3N7O2. The zero-order chi connectivity index (χ0) is 26.1. The molecular weight excluding hydrogens is 537 g/mol. The first-order valence-electron chi connectivity index (χ1n) is 12.7. The summed E-state index contributed by atoms with van der Waals surface area (Å²) in [5, 5.41) is 18.1. The van der Waals surface area contributed by atoms with Crippen molar-refractivity contribution in [3.63, 3.8) is 0 Å². The van der Waals surface area contributed by atoms with E-state index in [1.54, 1.807) is 18.3 Å². The molecule has 2 fully saturated rings. The summed E-state index contributed by atoms with van der Waals surface area (Å²) in [6.07, 6.45) is 8.76. The van der Waals surface area contributed by atoms with E-state index in [-0.39, 0.29) is 30.0 Å². The van der Waals surface area contributed by atoms with Gasteiger partial charge in [0, 0.05) is 23.0 Å². The first-order valence-corrected chi connectivity index (χ1v) is 13.8. The van der Waals surface area contributed by atoms with Crippen LogP contribution in [0.25, 0.3) is 11.2 Å². The van der Waals surface area contributed by atoms with Gasteiger partial charge in [0.25, 0.3) is 0 Å². The lowest BCUT2D eigenvalue weighted by Gasteiger charge is -2.29. The number of nitrogens with zero attached hydrogens (tertiary/aromatic N) is 4. The molecule has 1 amide bonds. The molecule has 0 aliphatic heterocycles. The molecule has 0 bridgehead atoms. The van der Waals surface area contributed by atoms with Gasteiger partial charge < -0.3 is 21.5 Å². The van der Waals surface area contributed by atoms with Gasteiger partial charge >= 0.3 is 0 Å². The van der Waals surface area contributed by atoms with Crippen molar-refractivity contribution >= 4 is 69.5 Å². The molecule has 3 aromatic rings. The van der Waals surface area contributed by atoms with Crippen LogP contribution < -0.4 is 16.4 Å². The molecule has 12 heteroatoms. The number of aliphatic hydroxyl groups excluding tert-OH is 1. The molecule has 2 aliphatic carbocycles. The van der Waals surface area contributed by atoms with Crippen molar-refractivity contribution in [3.8, 4) is 0 Å². The molecule has 2 saturated carbocycles. The smallest absolute Gasteiger partial charge is 0.224 e. The van der Waals surface area contributed by atoms with Crippen molar-refractivity contribution < 1.29 is 9.90 Å². The highest BCUT2D eigenvalue weighted by Gasteiger charge is 2.30. The van der Waals surface area contributed by atoms with Crippen LogP contribution in [0.1, 0.15) is 63.8 Å². The molecule has 2 aliphatic rings. The zero-order valence-electron chi connectivity index (χ0n) is 20.3. The Kier molecular flexibility index (Phi) is 7.95. The Morgan fingerprint density at radius 2 is 1.73 bits per heavy atom. The number of imidazole rings is 1. The van der Waals surface area contributed by atoms with Gasteiger partial charge in [0.1, 0.15) is 5.52 Å². The topological polar surface area (TPSA) is 131 Å². The number of anilines is 3. The minimum atomic E-state index is -0.320. The molecule has 0 radical (unpaired) electrons. The number of hydrogen-bond acceptors (Lipinski definition) is 7. The summed E-state index contributed by atoms with van der Waals surface area (Å²) in [7, 11) is 0. The Hall–Kier alpha value is -2.33. The lowest BCUT2D eigenvalue weighted by Crippen LogP contribution is -2.29. The summed E-state index contributed by atoms with van der Waals surface area (Å²) in [5.41, 5.74) is 7.35. The summed E-state index contributed by atoms with van der Waals surface area (Å²) in [5.74, 6) is 0.634. The molecule has 198 valence electrons. The average Bonchev–Trinajstić information content (AvgIpc) is 3.07. The van der Waals surface area contributed by atoms with Crippen LogP contribution in [0, 0.1) is 5.92 Å². The molecule has 2 heterocycles. The molecule has 5 N–H and O–H groups in total. The molecule has 0 spiro atoms. The van der Waals surface area contributed by atoms with Gasteiger partial charge in [-0.05, 0) is 57.1 Å². The Morgan fingerprint density at radius 1 is 1.03 bits per heavy atom. The van der Waals surface area contributed by atoms with Crippen LogP contribution >= 0.6 is 34.8 Å². The summed E-state index contributed by atoms with van der Waals surface area (Å²) in [4.78, 5) is 25.9. The maximum absolute atomic E-state index is 11.8. The first kappa shape index (κ1) is 26.3. The van der Waals surface area contributed by atoms with E-state index in [9.17, 15) is 9.90 Å². The number of aromatic nitrogens is 4. The van der Waals surface area contributed by atoms with E-state index in [1.165, 1.54) is 0 Å². The van der Waals surface area contributed by atoms with Gasteiger partial charge in [-0.25, -0.2) is 9.97 Å². The van der Waals surface area contributed by atoms with Crippen molar-refractivity contribution in [2.45, 2.75) is 76.0 Å². The van der Waals surface area contributed by atoms with Gasteiger partial charge in [0.05, 0.1) is 28.0 Å². The van der Waals surface area contributed by atoms with E-state index in [4.69, 9.17) is 50.5 Å². The van der Waals surface area contributed by atoms with Crippen molar-refractivity contribution in [1.29, 1.82) is 0 Å². The fraction of sp³-hybridized carbons (Fsp3) is 0.520. The van der Waals surface area contributed by atoms with Gasteiger partial charge in [-0.2, -0.15) is 4.98 Å². The van der Waals surface area contributed by atoms with Gasteiger partial charge in [-0.1, -0.05) is 47.6 Å².